The number of nitrogens with zero attached hydrogens (tertiary/aromatic N) is 2. The maximum atomic E-state index is 13.2. The number of aromatic nitrogens is 2. The Morgan fingerprint density at radius 1 is 1.09 bits per heavy atom. The number of carbonyl (C=O) groups is 1. The average molecular weight is 448 g/mol. The molecule has 0 spiro atoms. The number of aromatic hydroxyl groups is 3. The molecular weight excluding hydrogens is 432 g/mol. The highest BCUT2D eigenvalue weighted by Gasteiger charge is 2.32. The van der Waals surface area contributed by atoms with Gasteiger partial charge in [0, 0.05) is 5.56 Å². The monoisotopic (exact) mass is 448 g/mol. The second kappa shape index (κ2) is 7.47. The first-order chi connectivity index (χ1) is 15.5. The molecule has 0 fully saturated rings. The van der Waals surface area contributed by atoms with Crippen LogP contribution in [0.5, 0.6) is 23.1 Å². The Balaban J connectivity index is 1.81. The highest BCUT2D eigenvalue weighted by Crippen LogP contribution is 2.45. The SMILES string of the molecule is COc1ccc2nc(-n3c(O)c(O)c(C(=O)c4ccco4)c3-c3cccc(O)c3)sc2c1. The van der Waals surface area contributed by atoms with Crippen LogP contribution in [0.1, 0.15) is 16.1 Å². The average Bonchev–Trinajstić information content (AvgIpc) is 3.51. The number of phenolic OH excluding ortho intramolecular Hbond substituents is 1. The lowest BCUT2D eigenvalue weighted by atomic mass is 10.0. The van der Waals surface area contributed by atoms with Crippen LogP contribution >= 0.6 is 11.3 Å². The van der Waals surface area contributed by atoms with Crippen molar-refractivity contribution in [3.8, 4) is 39.5 Å². The summed E-state index contributed by atoms with van der Waals surface area (Å²) in [7, 11) is 1.56. The summed E-state index contributed by atoms with van der Waals surface area (Å²) in [5.41, 5.74) is 1.05. The van der Waals surface area contributed by atoms with E-state index in [0.29, 0.717) is 22.0 Å². The molecule has 0 aliphatic carbocycles. The number of phenols is 1. The van der Waals surface area contributed by atoms with E-state index in [2.05, 4.69) is 4.98 Å². The molecule has 0 amide bonds. The van der Waals surface area contributed by atoms with Crippen LogP contribution in [0.3, 0.4) is 0 Å². The van der Waals surface area contributed by atoms with Gasteiger partial charge in [-0.3, -0.25) is 9.36 Å². The molecule has 3 N–H and O–H groups in total. The molecule has 32 heavy (non-hydrogen) atoms. The summed E-state index contributed by atoms with van der Waals surface area (Å²) in [6.45, 7) is 0. The minimum atomic E-state index is -0.623. The quantitative estimate of drug-likeness (QED) is 0.334. The van der Waals surface area contributed by atoms with Crippen molar-refractivity contribution in [3.63, 3.8) is 0 Å². The minimum absolute atomic E-state index is 0.00658. The van der Waals surface area contributed by atoms with Gasteiger partial charge in [0.05, 0.1) is 34.8 Å². The van der Waals surface area contributed by atoms with Crippen molar-refractivity contribution < 1.29 is 29.3 Å². The van der Waals surface area contributed by atoms with Gasteiger partial charge in [-0.05, 0) is 42.5 Å². The Morgan fingerprint density at radius 2 is 1.94 bits per heavy atom. The Labute approximate surface area is 185 Å². The van der Waals surface area contributed by atoms with Crippen molar-refractivity contribution >= 4 is 27.3 Å². The van der Waals surface area contributed by atoms with Crippen LogP contribution in [0.2, 0.25) is 0 Å². The van der Waals surface area contributed by atoms with Crippen molar-refractivity contribution in [3.05, 3.63) is 72.2 Å². The number of ketones is 1. The van der Waals surface area contributed by atoms with Crippen molar-refractivity contribution in [2.45, 2.75) is 0 Å². The van der Waals surface area contributed by atoms with Crippen molar-refractivity contribution in [1.82, 2.24) is 9.55 Å². The summed E-state index contributed by atoms with van der Waals surface area (Å²) in [6, 6.07) is 14.5. The molecule has 3 aromatic heterocycles. The van der Waals surface area contributed by atoms with E-state index >= 15 is 0 Å². The second-order valence-electron chi connectivity index (χ2n) is 6.92. The molecule has 0 radical (unpaired) electrons. The molecule has 0 unspecified atom stereocenters. The number of thiazole rings is 1. The number of rotatable bonds is 5. The van der Waals surface area contributed by atoms with E-state index < -0.39 is 17.4 Å². The van der Waals surface area contributed by atoms with Crippen molar-refractivity contribution in [2.75, 3.05) is 7.11 Å². The third kappa shape index (κ3) is 3.07. The van der Waals surface area contributed by atoms with Gasteiger partial charge < -0.3 is 24.5 Å². The fourth-order valence-electron chi connectivity index (χ4n) is 3.52. The number of furan rings is 1. The highest BCUT2D eigenvalue weighted by atomic mass is 32.1. The van der Waals surface area contributed by atoms with Crippen LogP contribution in [0.25, 0.3) is 26.6 Å². The largest absolute Gasteiger partial charge is 0.508 e. The molecule has 0 aliphatic rings. The maximum absolute atomic E-state index is 13.2. The van der Waals surface area contributed by atoms with Gasteiger partial charge in [-0.1, -0.05) is 23.5 Å². The fraction of sp³-hybridized carbons (Fsp3) is 0.0435. The third-order valence-corrected chi connectivity index (χ3v) is 5.99. The van der Waals surface area contributed by atoms with Gasteiger partial charge >= 0.3 is 0 Å². The summed E-state index contributed by atoms with van der Waals surface area (Å²) in [5.74, 6) is -1.18. The van der Waals surface area contributed by atoms with Crippen LogP contribution in [-0.4, -0.2) is 37.8 Å². The van der Waals surface area contributed by atoms with E-state index in [4.69, 9.17) is 9.15 Å². The molecule has 2 aromatic carbocycles. The number of hydrogen-bond donors (Lipinski definition) is 3. The van der Waals surface area contributed by atoms with Crippen molar-refractivity contribution in [2.24, 2.45) is 0 Å². The van der Waals surface area contributed by atoms with Gasteiger partial charge in [0.1, 0.15) is 11.5 Å². The first-order valence-corrected chi connectivity index (χ1v) is 10.3. The molecule has 0 atom stereocenters. The predicted octanol–water partition coefficient (Wildman–Crippen LogP) is 4.70. The molecule has 5 aromatic rings. The zero-order valence-electron chi connectivity index (χ0n) is 16.6. The van der Waals surface area contributed by atoms with Gasteiger partial charge in [0.2, 0.25) is 11.7 Å². The van der Waals surface area contributed by atoms with Gasteiger partial charge in [-0.15, -0.1) is 0 Å². The number of benzene rings is 2. The number of methoxy groups -OCH3 is 1. The molecule has 0 saturated carbocycles. The lowest BCUT2D eigenvalue weighted by molar-refractivity contribution is 0.101. The number of carbonyl (C=O) groups excluding carboxylic acids is 1. The Hall–Kier alpha value is -4.24. The molecule has 0 saturated heterocycles. The van der Waals surface area contributed by atoms with E-state index in [-0.39, 0.29) is 22.8 Å². The Bertz CT molecular complexity index is 1470. The summed E-state index contributed by atoms with van der Waals surface area (Å²) < 4.78 is 12.6. The van der Waals surface area contributed by atoms with Crippen LogP contribution < -0.4 is 4.74 Å². The first-order valence-electron chi connectivity index (χ1n) is 9.47. The maximum Gasteiger partial charge on any atom is 0.242 e. The van der Waals surface area contributed by atoms with Crippen LogP contribution in [0, 0.1) is 0 Å². The number of fused-ring (bicyclic) bond motifs is 1. The fourth-order valence-corrected chi connectivity index (χ4v) is 4.52. The zero-order valence-corrected chi connectivity index (χ0v) is 17.5. The molecule has 0 aliphatic heterocycles. The van der Waals surface area contributed by atoms with E-state index in [1.807, 2.05) is 0 Å². The van der Waals surface area contributed by atoms with E-state index in [1.54, 1.807) is 43.5 Å². The highest BCUT2D eigenvalue weighted by molar-refractivity contribution is 7.20. The van der Waals surface area contributed by atoms with Crippen LogP contribution in [0.4, 0.5) is 0 Å². The lowest BCUT2D eigenvalue weighted by Crippen LogP contribution is -2.04. The molecule has 160 valence electrons. The number of hydrogen-bond acceptors (Lipinski definition) is 8. The summed E-state index contributed by atoms with van der Waals surface area (Å²) in [6.07, 6.45) is 1.34. The summed E-state index contributed by atoms with van der Waals surface area (Å²) in [5, 5.41) is 32.0. The van der Waals surface area contributed by atoms with Gasteiger partial charge in [-0.25, -0.2) is 4.98 Å². The summed E-state index contributed by atoms with van der Waals surface area (Å²) >= 11 is 1.24. The van der Waals surface area contributed by atoms with E-state index in [9.17, 15) is 20.1 Å². The molecule has 0 bridgehead atoms. The van der Waals surface area contributed by atoms with Gasteiger partial charge in [-0.2, -0.15) is 0 Å². The molecule has 9 heteroatoms. The van der Waals surface area contributed by atoms with E-state index in [0.717, 1.165) is 4.70 Å². The van der Waals surface area contributed by atoms with Crippen LogP contribution in [0.15, 0.2) is 65.3 Å². The standard InChI is InChI=1S/C23H16N2O6S/c1-30-14-7-8-15-17(11-14)32-23(24-15)25-19(12-4-2-5-13(26)10-12)18(21(28)22(25)29)20(27)16-6-3-9-31-16/h2-11,26,28-29H,1H3. The molecular formula is C23H16N2O6S. The second-order valence-corrected chi connectivity index (χ2v) is 7.93. The topological polar surface area (TPSA) is 118 Å². The summed E-state index contributed by atoms with van der Waals surface area (Å²) in [4.78, 5) is 17.7. The molecule has 8 nitrogen and oxygen atoms in total. The first kappa shape index (κ1) is 19.7. The normalized spacial score (nSPS) is 11.2. The Kier molecular flexibility index (Phi) is 4.60. The van der Waals surface area contributed by atoms with E-state index in [1.165, 1.54) is 40.4 Å². The molecule has 5 rings (SSSR count). The zero-order chi connectivity index (χ0) is 22.4. The lowest BCUT2D eigenvalue weighted by Gasteiger charge is -2.09. The predicted molar refractivity (Wildman–Crippen MR) is 118 cm³/mol. The minimum Gasteiger partial charge on any atom is -0.508 e. The Morgan fingerprint density at radius 3 is 2.66 bits per heavy atom. The smallest absolute Gasteiger partial charge is 0.242 e. The molecule has 3 heterocycles. The van der Waals surface area contributed by atoms with Gasteiger partial charge in [0.15, 0.2) is 16.6 Å². The van der Waals surface area contributed by atoms with Gasteiger partial charge in [0.25, 0.3) is 0 Å². The van der Waals surface area contributed by atoms with Crippen molar-refractivity contribution in [1.29, 1.82) is 0 Å². The van der Waals surface area contributed by atoms with Crippen LogP contribution in [-0.2, 0) is 0 Å². The third-order valence-electron chi connectivity index (χ3n) is 4.99. The number of ether oxygens (including phenoxy) is 1.